The number of halogens is 1. The van der Waals surface area contributed by atoms with E-state index in [1.165, 1.54) is 6.08 Å². The van der Waals surface area contributed by atoms with Crippen molar-refractivity contribution < 1.29 is 9.53 Å². The zero-order valence-corrected chi connectivity index (χ0v) is 12.6. The molecule has 0 fully saturated rings. The van der Waals surface area contributed by atoms with Gasteiger partial charge in [0, 0.05) is 15.0 Å². The third kappa shape index (κ3) is 3.92. The highest BCUT2D eigenvalue weighted by atomic mass is 127. The number of ether oxygens (including phenoxy) is 1. The Bertz CT molecular complexity index is 575. The van der Waals surface area contributed by atoms with E-state index in [1.807, 2.05) is 24.4 Å². The monoisotopic (exact) mass is 371 g/mol. The molecule has 92 valence electrons. The summed E-state index contributed by atoms with van der Waals surface area (Å²) in [7, 11) is 0. The number of aromatic nitrogens is 1. The van der Waals surface area contributed by atoms with Crippen molar-refractivity contribution >= 4 is 46.0 Å². The quantitative estimate of drug-likeness (QED) is 0.358. The summed E-state index contributed by atoms with van der Waals surface area (Å²) < 4.78 is 6.24. The smallest absolute Gasteiger partial charge is 0.336 e. The third-order valence-corrected chi connectivity index (χ3v) is 3.57. The summed E-state index contributed by atoms with van der Waals surface area (Å²) in [4.78, 5) is 15.8. The minimum Gasteiger partial charge on any atom is -0.423 e. The van der Waals surface area contributed by atoms with Crippen molar-refractivity contribution in [2.24, 2.45) is 0 Å². The highest BCUT2D eigenvalue weighted by Gasteiger charge is 2.01. The first-order valence-electron chi connectivity index (χ1n) is 5.21. The average molecular weight is 371 g/mol. The van der Waals surface area contributed by atoms with Gasteiger partial charge in [-0.3, -0.25) is 0 Å². The van der Waals surface area contributed by atoms with Gasteiger partial charge in [0.05, 0.1) is 10.7 Å². The number of carbonyl (C=O) groups is 1. The molecule has 0 aliphatic rings. The molecule has 0 saturated heterocycles. The van der Waals surface area contributed by atoms with E-state index in [0.29, 0.717) is 5.75 Å². The molecule has 3 nitrogen and oxygen atoms in total. The van der Waals surface area contributed by atoms with Crippen LogP contribution in [0.3, 0.4) is 0 Å². The van der Waals surface area contributed by atoms with Gasteiger partial charge in [-0.2, -0.15) is 0 Å². The highest BCUT2D eigenvalue weighted by Crippen LogP contribution is 2.14. The number of esters is 1. The van der Waals surface area contributed by atoms with Crippen LogP contribution in [0.2, 0.25) is 0 Å². The van der Waals surface area contributed by atoms with Crippen LogP contribution in [0.15, 0.2) is 35.7 Å². The molecule has 0 amide bonds. The van der Waals surface area contributed by atoms with Crippen LogP contribution in [-0.2, 0) is 4.79 Å². The number of hydrogen-bond acceptors (Lipinski definition) is 4. The summed E-state index contributed by atoms with van der Waals surface area (Å²) >= 11 is 3.74. The molecule has 2 aromatic rings. The summed E-state index contributed by atoms with van der Waals surface area (Å²) in [6, 6.07) is 7.30. The Morgan fingerprint density at radius 1 is 1.39 bits per heavy atom. The number of thiazole rings is 1. The van der Waals surface area contributed by atoms with Crippen molar-refractivity contribution in [1.82, 2.24) is 4.98 Å². The Kier molecular flexibility index (Phi) is 4.48. The molecule has 0 bridgehead atoms. The number of rotatable bonds is 3. The molecule has 1 aromatic carbocycles. The van der Waals surface area contributed by atoms with E-state index in [0.717, 1.165) is 14.3 Å². The van der Waals surface area contributed by atoms with Crippen LogP contribution in [0.1, 0.15) is 10.7 Å². The lowest BCUT2D eigenvalue weighted by Crippen LogP contribution is -2.03. The normalized spacial score (nSPS) is 10.8. The van der Waals surface area contributed by atoms with E-state index in [9.17, 15) is 4.79 Å². The van der Waals surface area contributed by atoms with Crippen molar-refractivity contribution in [1.29, 1.82) is 0 Å². The predicted molar refractivity (Wildman–Crippen MR) is 80.7 cm³/mol. The van der Waals surface area contributed by atoms with Gasteiger partial charge in [0.1, 0.15) is 5.75 Å². The van der Waals surface area contributed by atoms with Gasteiger partial charge < -0.3 is 4.74 Å². The minimum absolute atomic E-state index is 0.401. The van der Waals surface area contributed by atoms with Crippen LogP contribution in [0.4, 0.5) is 0 Å². The predicted octanol–water partition coefficient (Wildman–Crippen LogP) is 3.67. The molecular formula is C13H10INO2S. The van der Waals surface area contributed by atoms with E-state index in [4.69, 9.17) is 4.74 Å². The second-order valence-corrected chi connectivity index (χ2v) is 5.81. The lowest BCUT2D eigenvalue weighted by Gasteiger charge is -2.00. The lowest BCUT2D eigenvalue weighted by molar-refractivity contribution is -0.128. The first-order valence-corrected chi connectivity index (χ1v) is 7.17. The molecule has 0 aliphatic carbocycles. The summed E-state index contributed by atoms with van der Waals surface area (Å²) in [5.74, 6) is 0.140. The fourth-order valence-electron chi connectivity index (χ4n) is 1.26. The Hall–Kier alpha value is -1.21. The van der Waals surface area contributed by atoms with Gasteiger partial charge in [0.15, 0.2) is 0 Å². The topological polar surface area (TPSA) is 39.2 Å². The van der Waals surface area contributed by atoms with Gasteiger partial charge in [-0.05, 0) is 59.9 Å². The molecule has 1 aromatic heterocycles. The molecule has 0 saturated carbocycles. The van der Waals surface area contributed by atoms with E-state index in [1.54, 1.807) is 29.5 Å². The fourth-order valence-corrected chi connectivity index (χ4v) is 2.20. The lowest BCUT2D eigenvalue weighted by atomic mass is 10.3. The third-order valence-electron chi connectivity index (χ3n) is 2.06. The molecule has 0 radical (unpaired) electrons. The number of hydrogen-bond donors (Lipinski definition) is 0. The van der Waals surface area contributed by atoms with Gasteiger partial charge in [-0.1, -0.05) is 0 Å². The van der Waals surface area contributed by atoms with Crippen molar-refractivity contribution in [2.75, 3.05) is 0 Å². The molecule has 1 heterocycles. The molecule has 0 N–H and O–H groups in total. The first kappa shape index (κ1) is 13.2. The molecule has 0 atom stereocenters. The number of benzene rings is 1. The molecule has 5 heteroatoms. The fraction of sp³-hybridized carbons (Fsp3) is 0.0769. The van der Waals surface area contributed by atoms with Crippen LogP contribution in [-0.4, -0.2) is 11.0 Å². The maximum absolute atomic E-state index is 11.5. The minimum atomic E-state index is -0.401. The maximum atomic E-state index is 11.5. The molecule has 18 heavy (non-hydrogen) atoms. The standard InChI is InChI=1S/C13H10INO2S/c1-9-15-11(8-18-9)4-7-13(16)17-12-5-2-10(14)3-6-12/h2-8H,1H3/b7-4+. The zero-order valence-electron chi connectivity index (χ0n) is 9.59. The maximum Gasteiger partial charge on any atom is 0.336 e. The van der Waals surface area contributed by atoms with E-state index in [2.05, 4.69) is 27.6 Å². The molecule has 2 rings (SSSR count). The van der Waals surface area contributed by atoms with E-state index in [-0.39, 0.29) is 0 Å². The van der Waals surface area contributed by atoms with Crippen LogP contribution in [0.5, 0.6) is 5.75 Å². The van der Waals surface area contributed by atoms with Crippen molar-refractivity contribution in [2.45, 2.75) is 6.92 Å². The summed E-state index contributed by atoms with van der Waals surface area (Å²) in [6.45, 7) is 1.92. The van der Waals surface area contributed by atoms with Crippen molar-refractivity contribution in [3.63, 3.8) is 0 Å². The number of aryl methyl sites for hydroxylation is 1. The molecule has 0 spiro atoms. The van der Waals surface area contributed by atoms with Crippen LogP contribution < -0.4 is 4.74 Å². The van der Waals surface area contributed by atoms with E-state index >= 15 is 0 Å². The average Bonchev–Trinajstić information content (AvgIpc) is 2.76. The van der Waals surface area contributed by atoms with Gasteiger partial charge in [-0.15, -0.1) is 11.3 Å². The SMILES string of the molecule is Cc1nc(/C=C/C(=O)Oc2ccc(I)cc2)cs1. The molecule has 0 unspecified atom stereocenters. The molecule has 0 aliphatic heterocycles. The van der Waals surface area contributed by atoms with Gasteiger partial charge in [-0.25, -0.2) is 9.78 Å². The zero-order chi connectivity index (χ0) is 13.0. The first-order chi connectivity index (χ1) is 8.63. The Morgan fingerprint density at radius 2 is 2.11 bits per heavy atom. The van der Waals surface area contributed by atoms with Crippen LogP contribution in [0.25, 0.3) is 6.08 Å². The highest BCUT2D eigenvalue weighted by molar-refractivity contribution is 14.1. The Morgan fingerprint density at radius 3 is 2.72 bits per heavy atom. The largest absolute Gasteiger partial charge is 0.423 e. The van der Waals surface area contributed by atoms with Gasteiger partial charge in [0.25, 0.3) is 0 Å². The van der Waals surface area contributed by atoms with Gasteiger partial charge in [0.2, 0.25) is 0 Å². The van der Waals surface area contributed by atoms with Crippen molar-refractivity contribution in [3.05, 3.63) is 50.0 Å². The Balaban J connectivity index is 1.96. The second kappa shape index (κ2) is 6.10. The van der Waals surface area contributed by atoms with Crippen LogP contribution in [0, 0.1) is 10.5 Å². The molecular weight excluding hydrogens is 361 g/mol. The number of carbonyl (C=O) groups excluding carboxylic acids is 1. The van der Waals surface area contributed by atoms with E-state index < -0.39 is 5.97 Å². The summed E-state index contributed by atoms with van der Waals surface area (Å²) in [5, 5.41) is 2.87. The van der Waals surface area contributed by atoms with Gasteiger partial charge >= 0.3 is 5.97 Å². The summed E-state index contributed by atoms with van der Waals surface area (Å²) in [6.07, 6.45) is 3.03. The Labute approximate surface area is 123 Å². The van der Waals surface area contributed by atoms with Crippen molar-refractivity contribution in [3.8, 4) is 5.75 Å². The number of nitrogens with zero attached hydrogens (tertiary/aromatic N) is 1. The van der Waals surface area contributed by atoms with Crippen LogP contribution >= 0.6 is 33.9 Å². The second-order valence-electron chi connectivity index (χ2n) is 3.50. The summed E-state index contributed by atoms with van der Waals surface area (Å²) in [5.41, 5.74) is 0.775.